The van der Waals surface area contributed by atoms with E-state index in [-0.39, 0.29) is 0 Å². The SMILES string of the molecule is CC1CCCC(CC(=O)N(C)C)C1.COc1cc2nn(C)cc2cc1Br. The number of hydrogen-bond donors (Lipinski definition) is 0. The van der Waals surface area contributed by atoms with Crippen molar-refractivity contribution in [3.8, 4) is 5.75 Å². The van der Waals surface area contributed by atoms with Gasteiger partial charge in [0.05, 0.1) is 17.1 Å². The summed E-state index contributed by atoms with van der Waals surface area (Å²) in [6.07, 6.45) is 7.90. The lowest BCUT2D eigenvalue weighted by Gasteiger charge is -2.27. The van der Waals surface area contributed by atoms with Crippen molar-refractivity contribution in [2.75, 3.05) is 21.2 Å². The van der Waals surface area contributed by atoms with E-state index in [0.29, 0.717) is 11.8 Å². The molecule has 0 radical (unpaired) electrons. The third kappa shape index (κ3) is 5.73. The molecule has 0 saturated heterocycles. The minimum atomic E-state index is 0.291. The summed E-state index contributed by atoms with van der Waals surface area (Å²) in [4.78, 5) is 13.2. The second-order valence-corrected chi connectivity index (χ2v) is 8.33. The molecule has 3 rings (SSSR count). The van der Waals surface area contributed by atoms with Crippen molar-refractivity contribution >= 4 is 32.7 Å². The van der Waals surface area contributed by atoms with Crippen LogP contribution < -0.4 is 4.74 Å². The van der Waals surface area contributed by atoms with E-state index in [2.05, 4.69) is 28.0 Å². The van der Waals surface area contributed by atoms with Gasteiger partial charge in [-0.15, -0.1) is 0 Å². The first-order chi connectivity index (χ1) is 12.3. The van der Waals surface area contributed by atoms with Crippen LogP contribution in [0, 0.1) is 11.8 Å². The Morgan fingerprint density at radius 3 is 2.73 bits per heavy atom. The molecule has 1 aliphatic carbocycles. The molecule has 1 heterocycles. The van der Waals surface area contributed by atoms with Gasteiger partial charge in [-0.25, -0.2) is 0 Å². The van der Waals surface area contributed by atoms with Gasteiger partial charge in [0.1, 0.15) is 5.75 Å². The summed E-state index contributed by atoms with van der Waals surface area (Å²) >= 11 is 3.42. The van der Waals surface area contributed by atoms with Gasteiger partial charge in [0.15, 0.2) is 0 Å². The number of halogens is 1. The maximum Gasteiger partial charge on any atom is 0.222 e. The van der Waals surface area contributed by atoms with E-state index >= 15 is 0 Å². The second-order valence-electron chi connectivity index (χ2n) is 7.48. The molecule has 2 atom stereocenters. The molecular formula is C20H30BrN3O2. The Labute approximate surface area is 164 Å². The molecule has 1 amide bonds. The van der Waals surface area contributed by atoms with Gasteiger partial charge in [-0.3, -0.25) is 9.48 Å². The van der Waals surface area contributed by atoms with Crippen LogP contribution in [-0.2, 0) is 11.8 Å². The zero-order valence-electron chi connectivity index (χ0n) is 16.5. The van der Waals surface area contributed by atoms with E-state index in [1.165, 1.54) is 25.7 Å². The van der Waals surface area contributed by atoms with Gasteiger partial charge in [-0.2, -0.15) is 5.10 Å². The predicted molar refractivity (Wildman–Crippen MR) is 109 cm³/mol. The van der Waals surface area contributed by atoms with Crippen LogP contribution in [0.5, 0.6) is 5.75 Å². The number of methoxy groups -OCH3 is 1. The smallest absolute Gasteiger partial charge is 0.222 e. The van der Waals surface area contributed by atoms with E-state index < -0.39 is 0 Å². The maximum absolute atomic E-state index is 11.4. The minimum Gasteiger partial charge on any atom is -0.495 e. The lowest BCUT2D eigenvalue weighted by molar-refractivity contribution is -0.130. The number of aromatic nitrogens is 2. The lowest BCUT2D eigenvalue weighted by atomic mass is 9.81. The van der Waals surface area contributed by atoms with Crippen LogP contribution in [0.2, 0.25) is 0 Å². The second kappa shape index (κ2) is 9.40. The largest absolute Gasteiger partial charge is 0.495 e. The number of amides is 1. The molecule has 0 spiro atoms. The topological polar surface area (TPSA) is 47.4 Å². The fourth-order valence-corrected chi connectivity index (χ4v) is 4.00. The van der Waals surface area contributed by atoms with Crippen LogP contribution in [0.25, 0.3) is 10.9 Å². The Morgan fingerprint density at radius 2 is 2.12 bits per heavy atom. The van der Waals surface area contributed by atoms with E-state index in [4.69, 9.17) is 4.74 Å². The van der Waals surface area contributed by atoms with Crippen molar-refractivity contribution in [2.24, 2.45) is 18.9 Å². The van der Waals surface area contributed by atoms with Crippen LogP contribution >= 0.6 is 15.9 Å². The van der Waals surface area contributed by atoms with Gasteiger partial charge in [0, 0.05) is 45.2 Å². The first-order valence-electron chi connectivity index (χ1n) is 9.17. The molecule has 1 aromatic heterocycles. The van der Waals surface area contributed by atoms with Crippen LogP contribution in [-0.4, -0.2) is 41.8 Å². The van der Waals surface area contributed by atoms with Gasteiger partial charge < -0.3 is 9.64 Å². The van der Waals surface area contributed by atoms with Crippen LogP contribution in [0.15, 0.2) is 22.8 Å². The van der Waals surface area contributed by atoms with Crippen LogP contribution in [0.3, 0.4) is 0 Å². The highest BCUT2D eigenvalue weighted by molar-refractivity contribution is 9.10. The average molecular weight is 424 g/mol. The molecule has 2 unspecified atom stereocenters. The Bertz CT molecular complexity index is 742. The lowest BCUT2D eigenvalue weighted by Crippen LogP contribution is -2.26. The van der Waals surface area contributed by atoms with E-state index in [1.807, 2.05) is 39.5 Å². The Kier molecular flexibility index (Phi) is 7.50. The highest BCUT2D eigenvalue weighted by Gasteiger charge is 2.21. The van der Waals surface area contributed by atoms with Crippen molar-refractivity contribution in [2.45, 2.75) is 39.0 Å². The molecule has 26 heavy (non-hydrogen) atoms. The predicted octanol–water partition coefficient (Wildman–Crippen LogP) is 4.64. The molecule has 0 bridgehead atoms. The van der Waals surface area contributed by atoms with Crippen molar-refractivity contribution in [3.63, 3.8) is 0 Å². The normalized spacial score (nSPS) is 19.6. The summed E-state index contributed by atoms with van der Waals surface area (Å²) in [5.41, 5.74) is 0.947. The number of rotatable bonds is 3. The first kappa shape index (κ1) is 20.7. The molecule has 144 valence electrons. The summed E-state index contributed by atoms with van der Waals surface area (Å²) in [5.74, 6) is 2.58. The number of carbonyl (C=O) groups excluding carboxylic acids is 1. The molecule has 0 N–H and O–H groups in total. The number of nitrogens with zero attached hydrogens (tertiary/aromatic N) is 3. The van der Waals surface area contributed by atoms with E-state index in [0.717, 1.165) is 33.5 Å². The highest BCUT2D eigenvalue weighted by atomic mass is 79.9. The summed E-state index contributed by atoms with van der Waals surface area (Å²) in [7, 11) is 7.23. The molecule has 1 fully saturated rings. The third-order valence-corrected chi connectivity index (χ3v) is 5.52. The number of benzene rings is 1. The number of ether oxygens (including phenoxy) is 1. The monoisotopic (exact) mass is 423 g/mol. The van der Waals surface area contributed by atoms with Gasteiger partial charge in [-0.1, -0.05) is 19.8 Å². The van der Waals surface area contributed by atoms with Crippen molar-refractivity contribution in [1.82, 2.24) is 14.7 Å². The van der Waals surface area contributed by atoms with Crippen molar-refractivity contribution in [1.29, 1.82) is 0 Å². The van der Waals surface area contributed by atoms with Gasteiger partial charge >= 0.3 is 0 Å². The van der Waals surface area contributed by atoms with Crippen LogP contribution in [0.4, 0.5) is 0 Å². The molecule has 5 nitrogen and oxygen atoms in total. The van der Waals surface area contributed by atoms with Crippen molar-refractivity contribution < 1.29 is 9.53 Å². The fraction of sp³-hybridized carbons (Fsp3) is 0.600. The molecule has 2 aromatic rings. The molecule has 0 aliphatic heterocycles. The standard InChI is InChI=1S/C11H21NO.C9H9BrN2O/c1-9-5-4-6-10(7-9)8-11(13)12(2)3;1-12-5-6-3-7(10)9(13-2)4-8(6)11-12/h9-10H,4-8H2,1-3H3;3-5H,1-2H3. The molecule has 6 heteroatoms. The first-order valence-corrected chi connectivity index (χ1v) is 9.96. The number of fused-ring (bicyclic) bond motifs is 1. The molecular weight excluding hydrogens is 394 g/mol. The fourth-order valence-electron chi connectivity index (χ4n) is 3.48. The minimum absolute atomic E-state index is 0.291. The summed E-state index contributed by atoms with van der Waals surface area (Å²) < 4.78 is 7.91. The molecule has 1 aliphatic rings. The van der Waals surface area contributed by atoms with Gasteiger partial charge in [0.2, 0.25) is 5.91 Å². The quantitative estimate of drug-likeness (QED) is 0.722. The Hall–Kier alpha value is -1.56. The maximum atomic E-state index is 11.4. The summed E-state index contributed by atoms with van der Waals surface area (Å²) in [6.45, 7) is 2.30. The number of hydrogen-bond acceptors (Lipinski definition) is 3. The van der Waals surface area contributed by atoms with Crippen LogP contribution in [0.1, 0.15) is 39.0 Å². The summed E-state index contributed by atoms with van der Waals surface area (Å²) in [5, 5.41) is 5.39. The highest BCUT2D eigenvalue weighted by Crippen LogP contribution is 2.31. The van der Waals surface area contributed by atoms with E-state index in [9.17, 15) is 4.79 Å². The molecule has 1 aromatic carbocycles. The number of aryl methyl sites for hydroxylation is 1. The summed E-state index contributed by atoms with van der Waals surface area (Å²) in [6, 6.07) is 3.92. The zero-order valence-corrected chi connectivity index (χ0v) is 18.0. The van der Waals surface area contributed by atoms with Gasteiger partial charge in [0.25, 0.3) is 0 Å². The molecule has 1 saturated carbocycles. The van der Waals surface area contributed by atoms with E-state index in [1.54, 1.807) is 16.7 Å². The van der Waals surface area contributed by atoms with Gasteiger partial charge in [-0.05, 0) is 46.7 Å². The Morgan fingerprint density at radius 1 is 1.38 bits per heavy atom. The van der Waals surface area contributed by atoms with Crippen molar-refractivity contribution in [3.05, 3.63) is 22.8 Å². The average Bonchev–Trinajstić information content (AvgIpc) is 2.93. The Balaban J connectivity index is 0.000000187. The zero-order chi connectivity index (χ0) is 19.3. The number of carbonyl (C=O) groups is 1. The third-order valence-electron chi connectivity index (χ3n) is 4.90.